The minimum absolute atomic E-state index is 0.120. The molecule has 0 heterocycles. The monoisotopic (exact) mass is 463 g/mol. The highest BCUT2D eigenvalue weighted by atomic mass is 32.2. The molecule has 3 aromatic rings. The number of methoxy groups -OCH3 is 1. The fourth-order valence-corrected chi connectivity index (χ4v) is 4.92. The molecule has 4 nitrogen and oxygen atoms in total. The van der Waals surface area contributed by atoms with Gasteiger partial charge >= 0.3 is 5.97 Å². The molecule has 0 spiro atoms. The van der Waals surface area contributed by atoms with E-state index in [9.17, 15) is 9.59 Å². The summed E-state index contributed by atoms with van der Waals surface area (Å²) in [6.07, 6.45) is 0. The van der Waals surface area contributed by atoms with E-state index in [0.717, 1.165) is 26.5 Å². The van der Waals surface area contributed by atoms with Crippen LogP contribution in [0.4, 0.5) is 0 Å². The van der Waals surface area contributed by atoms with Crippen LogP contribution < -0.4 is 5.32 Å². The third-order valence-corrected chi connectivity index (χ3v) is 6.90. The minimum atomic E-state index is -0.598. The van der Waals surface area contributed by atoms with Crippen LogP contribution in [0.1, 0.15) is 27.0 Å². The average Bonchev–Trinajstić information content (AvgIpc) is 2.79. The molecule has 0 radical (unpaired) electrons. The van der Waals surface area contributed by atoms with Gasteiger partial charge in [0.05, 0.1) is 11.3 Å². The molecule has 0 aromatic heterocycles. The fraction of sp³-hybridized carbons (Fsp3) is 0.154. The Labute approximate surface area is 197 Å². The zero-order valence-electron chi connectivity index (χ0n) is 18.5. The maximum absolute atomic E-state index is 12.9. The molecule has 1 N–H and O–H groups in total. The Hall–Kier alpha value is -2.96. The second-order valence-corrected chi connectivity index (χ2v) is 9.73. The van der Waals surface area contributed by atoms with Crippen LogP contribution in [0, 0.1) is 20.8 Å². The van der Waals surface area contributed by atoms with Crippen molar-refractivity contribution in [2.45, 2.75) is 30.6 Å². The lowest BCUT2D eigenvalue weighted by atomic mass is 10.1. The maximum Gasteiger partial charge on any atom is 0.356 e. The van der Waals surface area contributed by atoms with Crippen LogP contribution in [-0.2, 0) is 9.53 Å². The SMILES string of the molecule is COC(=O)C(NC(=O)c1ccc(C)cc1)=C(Sc1ccc(C)cc1)Sc1ccc(C)cc1. The molecule has 0 saturated heterocycles. The Morgan fingerprint density at radius 3 is 1.50 bits per heavy atom. The van der Waals surface area contributed by atoms with Gasteiger partial charge in [0.1, 0.15) is 5.70 Å². The number of amides is 1. The Bertz CT molecular complexity index is 1070. The van der Waals surface area contributed by atoms with Gasteiger partial charge in [-0.05, 0) is 57.2 Å². The second-order valence-electron chi connectivity index (χ2n) is 7.30. The van der Waals surface area contributed by atoms with E-state index in [-0.39, 0.29) is 11.6 Å². The lowest BCUT2D eigenvalue weighted by Crippen LogP contribution is -2.29. The summed E-state index contributed by atoms with van der Waals surface area (Å²) in [6.45, 7) is 6.00. The molecule has 0 aliphatic heterocycles. The van der Waals surface area contributed by atoms with Crippen molar-refractivity contribution in [3.8, 4) is 0 Å². The second kappa shape index (κ2) is 11.1. The summed E-state index contributed by atoms with van der Waals surface area (Å²) in [5.74, 6) is -0.961. The highest BCUT2D eigenvalue weighted by Crippen LogP contribution is 2.41. The first-order valence-corrected chi connectivity index (χ1v) is 11.7. The normalized spacial score (nSPS) is 10.4. The standard InChI is InChI=1S/C26H25NO3S2/c1-17-5-11-20(12-6-17)24(28)27-23(25(29)30-4)26(31-21-13-7-18(2)8-14-21)32-22-15-9-19(3)10-16-22/h5-16H,1-4H3,(H,27,28). The van der Waals surface area contributed by atoms with Gasteiger partial charge in [-0.3, -0.25) is 4.79 Å². The molecule has 0 aliphatic rings. The number of ether oxygens (including phenoxy) is 1. The van der Waals surface area contributed by atoms with Gasteiger partial charge in [0.15, 0.2) is 0 Å². The van der Waals surface area contributed by atoms with Crippen molar-refractivity contribution < 1.29 is 14.3 Å². The van der Waals surface area contributed by atoms with Gasteiger partial charge in [0, 0.05) is 15.4 Å². The summed E-state index contributed by atoms with van der Waals surface area (Å²) < 4.78 is 5.65. The third-order valence-electron chi connectivity index (χ3n) is 4.61. The van der Waals surface area contributed by atoms with Crippen molar-refractivity contribution in [1.82, 2.24) is 5.32 Å². The number of thioether (sulfide) groups is 2. The molecule has 0 unspecified atom stereocenters. The molecule has 1 amide bonds. The largest absolute Gasteiger partial charge is 0.464 e. The van der Waals surface area contributed by atoms with Gasteiger partial charge in [-0.1, -0.05) is 76.6 Å². The summed E-state index contributed by atoms with van der Waals surface area (Å²) in [6, 6.07) is 23.2. The summed E-state index contributed by atoms with van der Waals surface area (Å²) in [5, 5.41) is 2.79. The van der Waals surface area contributed by atoms with Crippen molar-refractivity contribution in [3.05, 3.63) is 105 Å². The van der Waals surface area contributed by atoms with Crippen molar-refractivity contribution in [2.24, 2.45) is 0 Å². The van der Waals surface area contributed by atoms with Gasteiger partial charge in [0.2, 0.25) is 0 Å². The Kier molecular flexibility index (Phi) is 8.20. The van der Waals surface area contributed by atoms with E-state index in [1.54, 1.807) is 12.1 Å². The Balaban J connectivity index is 2.01. The van der Waals surface area contributed by atoms with Crippen LogP contribution in [0.5, 0.6) is 0 Å². The number of rotatable bonds is 7. The molecular formula is C26H25NO3S2. The van der Waals surface area contributed by atoms with E-state index in [1.807, 2.05) is 81.4 Å². The zero-order chi connectivity index (χ0) is 23.1. The van der Waals surface area contributed by atoms with Crippen molar-refractivity contribution >= 4 is 35.4 Å². The Morgan fingerprint density at radius 1 is 0.688 bits per heavy atom. The van der Waals surface area contributed by atoms with E-state index in [0.29, 0.717) is 9.80 Å². The van der Waals surface area contributed by atoms with Gasteiger partial charge in [-0.15, -0.1) is 0 Å². The molecule has 3 aromatic carbocycles. The van der Waals surface area contributed by atoms with Crippen LogP contribution in [0.3, 0.4) is 0 Å². The van der Waals surface area contributed by atoms with Crippen molar-refractivity contribution in [2.75, 3.05) is 7.11 Å². The summed E-state index contributed by atoms with van der Waals surface area (Å²) in [4.78, 5) is 27.6. The minimum Gasteiger partial charge on any atom is -0.464 e. The molecule has 164 valence electrons. The van der Waals surface area contributed by atoms with E-state index in [4.69, 9.17) is 4.74 Å². The van der Waals surface area contributed by atoms with Crippen LogP contribution in [0.25, 0.3) is 0 Å². The third kappa shape index (κ3) is 6.52. The number of hydrogen-bond acceptors (Lipinski definition) is 5. The van der Waals surface area contributed by atoms with E-state index in [2.05, 4.69) is 5.32 Å². The fourth-order valence-electron chi connectivity index (χ4n) is 2.73. The molecule has 0 bridgehead atoms. The van der Waals surface area contributed by atoms with E-state index in [1.165, 1.54) is 30.6 Å². The zero-order valence-corrected chi connectivity index (χ0v) is 20.1. The van der Waals surface area contributed by atoms with Gasteiger partial charge in [-0.25, -0.2) is 4.79 Å². The average molecular weight is 464 g/mol. The van der Waals surface area contributed by atoms with Gasteiger partial charge in [0.25, 0.3) is 5.91 Å². The Morgan fingerprint density at radius 2 is 1.09 bits per heavy atom. The van der Waals surface area contributed by atoms with Gasteiger partial charge in [-0.2, -0.15) is 0 Å². The van der Waals surface area contributed by atoms with E-state index >= 15 is 0 Å². The first kappa shape index (κ1) is 23.7. The molecule has 0 saturated carbocycles. The quantitative estimate of drug-likeness (QED) is 0.254. The predicted molar refractivity (Wildman–Crippen MR) is 132 cm³/mol. The smallest absolute Gasteiger partial charge is 0.356 e. The van der Waals surface area contributed by atoms with Crippen LogP contribution >= 0.6 is 23.5 Å². The first-order valence-electron chi connectivity index (χ1n) is 10.1. The number of aryl methyl sites for hydroxylation is 3. The number of nitrogens with one attached hydrogen (secondary N) is 1. The number of hydrogen-bond donors (Lipinski definition) is 1. The molecule has 0 fully saturated rings. The number of benzene rings is 3. The maximum atomic E-state index is 12.9. The van der Waals surface area contributed by atoms with Crippen molar-refractivity contribution in [3.63, 3.8) is 0 Å². The molecule has 0 atom stereocenters. The van der Waals surface area contributed by atoms with Crippen LogP contribution in [0.2, 0.25) is 0 Å². The molecule has 32 heavy (non-hydrogen) atoms. The molecule has 6 heteroatoms. The molecular weight excluding hydrogens is 438 g/mol. The number of carbonyl (C=O) groups is 2. The number of esters is 1. The predicted octanol–water partition coefficient (Wildman–Crippen LogP) is 6.27. The highest BCUT2D eigenvalue weighted by Gasteiger charge is 2.22. The summed E-state index contributed by atoms with van der Waals surface area (Å²) in [5.41, 5.74) is 3.93. The van der Waals surface area contributed by atoms with Crippen LogP contribution in [0.15, 0.2) is 92.5 Å². The van der Waals surface area contributed by atoms with Gasteiger partial charge < -0.3 is 10.1 Å². The topological polar surface area (TPSA) is 55.4 Å². The van der Waals surface area contributed by atoms with Crippen molar-refractivity contribution in [1.29, 1.82) is 0 Å². The summed E-state index contributed by atoms with van der Waals surface area (Å²) >= 11 is 2.83. The lowest BCUT2D eigenvalue weighted by Gasteiger charge is -2.15. The highest BCUT2D eigenvalue weighted by molar-refractivity contribution is 8.22. The number of carbonyl (C=O) groups excluding carboxylic acids is 2. The molecule has 3 rings (SSSR count). The van der Waals surface area contributed by atoms with Crippen LogP contribution in [-0.4, -0.2) is 19.0 Å². The molecule has 0 aliphatic carbocycles. The first-order chi connectivity index (χ1) is 15.4. The van der Waals surface area contributed by atoms with E-state index < -0.39 is 5.97 Å². The summed E-state index contributed by atoms with van der Waals surface area (Å²) in [7, 11) is 1.31. The lowest BCUT2D eigenvalue weighted by molar-refractivity contribution is -0.136.